The highest BCUT2D eigenvalue weighted by atomic mass is 16.5. The summed E-state index contributed by atoms with van der Waals surface area (Å²) in [4.78, 5) is 20.0. The molecule has 2 aromatic carbocycles. The van der Waals surface area contributed by atoms with Gasteiger partial charge in [-0.1, -0.05) is 36.4 Å². The zero-order valence-electron chi connectivity index (χ0n) is 17.0. The molecule has 29 heavy (non-hydrogen) atoms. The number of benzene rings is 2. The first kappa shape index (κ1) is 20.3. The van der Waals surface area contributed by atoms with Crippen LogP contribution in [0.4, 0.5) is 5.95 Å². The van der Waals surface area contributed by atoms with Crippen molar-refractivity contribution in [3.63, 3.8) is 0 Å². The average Bonchev–Trinajstić information content (AvgIpc) is 2.73. The van der Waals surface area contributed by atoms with Crippen LogP contribution in [-0.4, -0.2) is 29.0 Å². The number of anilines is 1. The number of amides is 1. The lowest BCUT2D eigenvalue weighted by Gasteiger charge is -2.12. The summed E-state index contributed by atoms with van der Waals surface area (Å²) in [5, 5.41) is 6.13. The van der Waals surface area contributed by atoms with E-state index in [9.17, 15) is 4.79 Å². The summed E-state index contributed by atoms with van der Waals surface area (Å²) in [6.45, 7) is 4.18. The second-order valence-corrected chi connectivity index (χ2v) is 7.00. The normalized spacial score (nSPS) is 11.6. The predicted molar refractivity (Wildman–Crippen MR) is 115 cm³/mol. The van der Waals surface area contributed by atoms with E-state index in [-0.39, 0.29) is 11.9 Å². The summed E-state index contributed by atoms with van der Waals surface area (Å²) in [6, 6.07) is 16.2. The minimum Gasteiger partial charge on any atom is -0.497 e. The lowest BCUT2D eigenvalue weighted by molar-refractivity contribution is -0.119. The van der Waals surface area contributed by atoms with Crippen LogP contribution in [0.15, 0.2) is 60.9 Å². The van der Waals surface area contributed by atoms with Crippen molar-refractivity contribution in [3.8, 4) is 16.9 Å². The summed E-state index contributed by atoms with van der Waals surface area (Å²) < 4.78 is 5.17. The number of carbonyl (C=O) groups excluding carboxylic acids is 1. The van der Waals surface area contributed by atoms with Crippen molar-refractivity contribution in [1.29, 1.82) is 0 Å². The van der Waals surface area contributed by atoms with Crippen LogP contribution in [-0.2, 0) is 17.8 Å². The molecule has 3 aromatic rings. The van der Waals surface area contributed by atoms with Gasteiger partial charge in [-0.25, -0.2) is 9.97 Å². The van der Waals surface area contributed by atoms with Crippen molar-refractivity contribution >= 4 is 11.9 Å². The maximum absolute atomic E-state index is 11.1. The molecule has 0 saturated heterocycles. The van der Waals surface area contributed by atoms with Gasteiger partial charge < -0.3 is 15.4 Å². The van der Waals surface area contributed by atoms with Gasteiger partial charge in [0.05, 0.1) is 7.11 Å². The molecule has 1 amide bonds. The average molecular weight is 390 g/mol. The van der Waals surface area contributed by atoms with Crippen molar-refractivity contribution in [3.05, 3.63) is 72.1 Å². The van der Waals surface area contributed by atoms with Crippen molar-refractivity contribution in [1.82, 2.24) is 15.3 Å². The number of hydrogen-bond donors (Lipinski definition) is 2. The molecule has 0 radical (unpaired) electrons. The van der Waals surface area contributed by atoms with Crippen LogP contribution in [0.25, 0.3) is 11.1 Å². The van der Waals surface area contributed by atoms with E-state index < -0.39 is 0 Å². The zero-order valence-corrected chi connectivity index (χ0v) is 17.0. The second-order valence-electron chi connectivity index (χ2n) is 7.00. The molecule has 0 bridgehead atoms. The molecule has 3 rings (SSSR count). The molecule has 0 saturated carbocycles. The number of aromatic nitrogens is 2. The van der Waals surface area contributed by atoms with Crippen LogP contribution in [0.1, 0.15) is 25.0 Å². The number of ether oxygens (including phenoxy) is 1. The first-order valence-corrected chi connectivity index (χ1v) is 9.59. The van der Waals surface area contributed by atoms with Crippen molar-refractivity contribution < 1.29 is 9.53 Å². The maximum atomic E-state index is 11.1. The molecular formula is C23H26N4O2. The van der Waals surface area contributed by atoms with E-state index in [0.717, 1.165) is 28.9 Å². The van der Waals surface area contributed by atoms with E-state index in [1.165, 1.54) is 12.5 Å². The van der Waals surface area contributed by atoms with Crippen LogP contribution in [0.3, 0.4) is 0 Å². The van der Waals surface area contributed by atoms with Gasteiger partial charge in [-0.3, -0.25) is 4.79 Å². The SMILES string of the molecule is COc1ccc(CNc2ncc(-c3ccc(CC(C)NC(C)=O)cc3)cn2)cc1. The lowest BCUT2D eigenvalue weighted by atomic mass is 10.0. The van der Waals surface area contributed by atoms with Crippen molar-refractivity contribution in [2.24, 2.45) is 0 Å². The van der Waals surface area contributed by atoms with Gasteiger partial charge in [0.2, 0.25) is 11.9 Å². The number of carbonyl (C=O) groups is 1. The lowest BCUT2D eigenvalue weighted by Crippen LogP contribution is -2.31. The molecule has 1 heterocycles. The third kappa shape index (κ3) is 6.04. The van der Waals surface area contributed by atoms with Gasteiger partial charge in [0.15, 0.2) is 0 Å². The highest BCUT2D eigenvalue weighted by molar-refractivity contribution is 5.73. The fraction of sp³-hybridized carbons (Fsp3) is 0.261. The molecule has 1 atom stereocenters. The topological polar surface area (TPSA) is 76.1 Å². The van der Waals surface area contributed by atoms with Crippen molar-refractivity contribution in [2.45, 2.75) is 32.9 Å². The van der Waals surface area contributed by atoms with Gasteiger partial charge in [-0.15, -0.1) is 0 Å². The highest BCUT2D eigenvalue weighted by Crippen LogP contribution is 2.20. The van der Waals surface area contributed by atoms with E-state index in [1.54, 1.807) is 7.11 Å². The van der Waals surface area contributed by atoms with E-state index >= 15 is 0 Å². The Morgan fingerprint density at radius 1 is 0.966 bits per heavy atom. The standard InChI is InChI=1S/C23H26N4O2/c1-16(27-17(2)28)12-18-4-8-20(9-5-18)21-14-25-23(26-15-21)24-13-19-6-10-22(29-3)11-7-19/h4-11,14-16H,12-13H2,1-3H3,(H,27,28)(H,24,25,26). The van der Waals surface area contributed by atoms with Crippen LogP contribution >= 0.6 is 0 Å². The monoisotopic (exact) mass is 390 g/mol. The van der Waals surface area contributed by atoms with E-state index in [0.29, 0.717) is 12.5 Å². The first-order valence-electron chi connectivity index (χ1n) is 9.59. The summed E-state index contributed by atoms with van der Waals surface area (Å²) >= 11 is 0. The maximum Gasteiger partial charge on any atom is 0.222 e. The molecular weight excluding hydrogens is 364 g/mol. The Morgan fingerprint density at radius 2 is 1.59 bits per heavy atom. The summed E-state index contributed by atoms with van der Waals surface area (Å²) in [6.07, 6.45) is 4.43. The van der Waals surface area contributed by atoms with Crippen LogP contribution in [0, 0.1) is 0 Å². The molecule has 6 heteroatoms. The van der Waals surface area contributed by atoms with Gasteiger partial charge in [0.25, 0.3) is 0 Å². The predicted octanol–water partition coefficient (Wildman–Crippen LogP) is 3.83. The largest absolute Gasteiger partial charge is 0.497 e. The van der Waals surface area contributed by atoms with Crippen molar-refractivity contribution in [2.75, 3.05) is 12.4 Å². The molecule has 150 valence electrons. The minimum atomic E-state index is -0.00745. The third-order valence-corrected chi connectivity index (χ3v) is 4.54. The summed E-state index contributed by atoms with van der Waals surface area (Å²) in [7, 11) is 1.66. The zero-order chi connectivity index (χ0) is 20.6. The molecule has 2 N–H and O–H groups in total. The smallest absolute Gasteiger partial charge is 0.222 e. The van der Waals surface area contributed by atoms with E-state index in [1.807, 2.05) is 43.6 Å². The van der Waals surface area contributed by atoms with Crippen LogP contribution < -0.4 is 15.4 Å². The molecule has 6 nitrogen and oxygen atoms in total. The Morgan fingerprint density at radius 3 is 2.17 bits per heavy atom. The number of rotatable bonds is 8. The second kappa shape index (κ2) is 9.68. The number of nitrogens with one attached hydrogen (secondary N) is 2. The Bertz CT molecular complexity index is 923. The molecule has 0 fully saturated rings. The third-order valence-electron chi connectivity index (χ3n) is 4.54. The van der Waals surface area contributed by atoms with Gasteiger partial charge in [0.1, 0.15) is 5.75 Å². The van der Waals surface area contributed by atoms with Gasteiger partial charge >= 0.3 is 0 Å². The highest BCUT2D eigenvalue weighted by Gasteiger charge is 2.06. The molecule has 0 spiro atoms. The molecule has 0 aliphatic rings. The van der Waals surface area contributed by atoms with Crippen LogP contribution in [0.5, 0.6) is 5.75 Å². The molecule has 1 unspecified atom stereocenters. The first-order chi connectivity index (χ1) is 14.0. The Balaban J connectivity index is 1.57. The number of methoxy groups -OCH3 is 1. The fourth-order valence-corrected chi connectivity index (χ4v) is 3.08. The number of hydrogen-bond acceptors (Lipinski definition) is 5. The number of nitrogens with zero attached hydrogens (tertiary/aromatic N) is 2. The molecule has 1 aromatic heterocycles. The van der Waals surface area contributed by atoms with E-state index in [4.69, 9.17) is 4.74 Å². The van der Waals surface area contributed by atoms with E-state index in [2.05, 4.69) is 44.9 Å². The Hall–Kier alpha value is -3.41. The molecule has 0 aliphatic carbocycles. The molecule has 0 aliphatic heterocycles. The fourth-order valence-electron chi connectivity index (χ4n) is 3.08. The Kier molecular flexibility index (Phi) is 6.79. The minimum absolute atomic E-state index is 0.00745. The summed E-state index contributed by atoms with van der Waals surface area (Å²) in [5.74, 6) is 1.42. The van der Waals surface area contributed by atoms with Gasteiger partial charge in [-0.2, -0.15) is 0 Å². The van der Waals surface area contributed by atoms with Gasteiger partial charge in [0, 0.05) is 37.5 Å². The van der Waals surface area contributed by atoms with Crippen LogP contribution in [0.2, 0.25) is 0 Å². The van der Waals surface area contributed by atoms with Gasteiger partial charge in [-0.05, 0) is 42.2 Å². The summed E-state index contributed by atoms with van der Waals surface area (Å²) in [5.41, 5.74) is 4.32. The quantitative estimate of drug-likeness (QED) is 0.611. The Labute approximate surface area is 171 Å².